The molecule has 0 saturated heterocycles. The van der Waals surface area contributed by atoms with Gasteiger partial charge in [0, 0.05) is 30.3 Å². The van der Waals surface area contributed by atoms with Gasteiger partial charge >= 0.3 is 35.2 Å². The van der Waals surface area contributed by atoms with E-state index in [9.17, 15) is 19.5 Å². The maximum Gasteiger partial charge on any atom is 1.00 e. The molecular formula is C18H18N5NaO4. The van der Waals surface area contributed by atoms with Crippen LogP contribution < -0.4 is 45.7 Å². The van der Waals surface area contributed by atoms with Crippen LogP contribution in [-0.2, 0) is 17.6 Å². The van der Waals surface area contributed by atoms with Crippen LogP contribution in [0, 0.1) is 0 Å². The predicted octanol–water partition coefficient (Wildman–Crippen LogP) is -2.69. The van der Waals surface area contributed by atoms with Gasteiger partial charge in [0.1, 0.15) is 5.82 Å². The van der Waals surface area contributed by atoms with Crippen molar-refractivity contribution in [3.05, 3.63) is 57.9 Å². The minimum absolute atomic E-state index is 0. The Morgan fingerprint density at radius 2 is 1.89 bits per heavy atom. The van der Waals surface area contributed by atoms with Crippen molar-refractivity contribution in [2.75, 3.05) is 5.32 Å². The van der Waals surface area contributed by atoms with Crippen LogP contribution in [0.2, 0.25) is 0 Å². The largest absolute Gasteiger partial charge is 1.00 e. The van der Waals surface area contributed by atoms with Crippen LogP contribution in [0.4, 0.5) is 5.69 Å². The summed E-state index contributed by atoms with van der Waals surface area (Å²) in [5, 5.41) is 16.2. The van der Waals surface area contributed by atoms with Gasteiger partial charge in [-0.1, -0.05) is 19.1 Å². The van der Waals surface area contributed by atoms with Crippen LogP contribution in [-0.4, -0.2) is 31.5 Å². The maximum atomic E-state index is 12.1. The predicted molar refractivity (Wildman–Crippen MR) is 95.3 cm³/mol. The number of carbonyl (C=O) groups is 2. The van der Waals surface area contributed by atoms with E-state index < -0.39 is 11.7 Å². The summed E-state index contributed by atoms with van der Waals surface area (Å²) < 4.78 is 1.26. The fourth-order valence-corrected chi connectivity index (χ4v) is 2.67. The number of carboxylic acids is 1. The molecule has 0 unspecified atom stereocenters. The zero-order chi connectivity index (χ0) is 19.4. The van der Waals surface area contributed by atoms with Gasteiger partial charge in [-0.05, 0) is 30.5 Å². The van der Waals surface area contributed by atoms with Crippen LogP contribution in [0.1, 0.15) is 41.5 Å². The minimum atomic E-state index is -1.27. The Morgan fingerprint density at radius 1 is 1.18 bits per heavy atom. The van der Waals surface area contributed by atoms with Gasteiger partial charge in [0.15, 0.2) is 5.65 Å². The van der Waals surface area contributed by atoms with Gasteiger partial charge in [0.25, 0.3) is 0 Å². The molecule has 3 rings (SSSR count). The summed E-state index contributed by atoms with van der Waals surface area (Å²) in [4.78, 5) is 43.2. The number of benzene rings is 1. The Balaban J connectivity index is 0.00000280. The second-order valence-corrected chi connectivity index (χ2v) is 6.04. The molecule has 140 valence electrons. The molecule has 28 heavy (non-hydrogen) atoms. The topological polar surface area (TPSA) is 132 Å². The van der Waals surface area contributed by atoms with Crippen molar-refractivity contribution in [2.45, 2.75) is 32.6 Å². The molecule has 2 heterocycles. The van der Waals surface area contributed by atoms with Crippen LogP contribution in [0.25, 0.3) is 5.65 Å². The number of amides is 1. The number of hydrogen-bond acceptors (Lipinski definition) is 6. The van der Waals surface area contributed by atoms with E-state index in [1.54, 1.807) is 6.20 Å². The average Bonchev–Trinajstić information content (AvgIpc) is 3.04. The molecule has 0 aliphatic rings. The number of rotatable bonds is 7. The number of aromatic carboxylic acids is 1. The van der Waals surface area contributed by atoms with E-state index >= 15 is 0 Å². The van der Waals surface area contributed by atoms with Crippen molar-refractivity contribution in [2.24, 2.45) is 0 Å². The van der Waals surface area contributed by atoms with Gasteiger partial charge in [-0.3, -0.25) is 9.89 Å². The summed E-state index contributed by atoms with van der Waals surface area (Å²) in [7, 11) is 0. The minimum Gasteiger partial charge on any atom is -0.545 e. The van der Waals surface area contributed by atoms with E-state index in [0.717, 1.165) is 12.0 Å². The monoisotopic (exact) mass is 391 g/mol. The zero-order valence-corrected chi connectivity index (χ0v) is 17.7. The Hall–Kier alpha value is -2.49. The molecule has 2 aromatic heterocycles. The normalized spacial score (nSPS) is 10.5. The number of aromatic nitrogens is 4. The Kier molecular flexibility index (Phi) is 7.50. The number of H-pyrrole nitrogens is 1. The molecule has 0 bridgehead atoms. The van der Waals surface area contributed by atoms with E-state index in [1.807, 2.05) is 6.92 Å². The van der Waals surface area contributed by atoms with Crippen LogP contribution >= 0.6 is 0 Å². The summed E-state index contributed by atoms with van der Waals surface area (Å²) in [5.74, 6) is -1.02. The molecule has 0 atom stereocenters. The van der Waals surface area contributed by atoms with Crippen molar-refractivity contribution in [1.82, 2.24) is 19.6 Å². The van der Waals surface area contributed by atoms with Gasteiger partial charge < -0.3 is 15.2 Å². The number of nitrogens with zero attached hydrogens (tertiary/aromatic N) is 3. The fourth-order valence-electron chi connectivity index (χ4n) is 2.67. The molecule has 0 radical (unpaired) electrons. The van der Waals surface area contributed by atoms with Crippen LogP contribution in [0.3, 0.4) is 0 Å². The standard InChI is InChI=1S/C18H19N5O4.Na/c1-2-3-14-21-16-12(10-19-23(16)18(27)22-14)6-9-15(24)20-13-7-4-11(5-8-13)17(25)26;/h4-5,7-8,10,19H,2-3,6,9H2,1H3,(H,20,24)(H,25,26);/q;+1/p-1. The second kappa shape index (κ2) is 9.63. The molecule has 0 spiro atoms. The van der Waals surface area contributed by atoms with Crippen LogP contribution in [0.15, 0.2) is 35.3 Å². The molecule has 9 nitrogen and oxygen atoms in total. The van der Waals surface area contributed by atoms with E-state index in [4.69, 9.17) is 0 Å². The quantitative estimate of drug-likeness (QED) is 0.422. The van der Waals surface area contributed by atoms with Gasteiger partial charge in [0.05, 0.1) is 5.97 Å². The molecule has 2 N–H and O–H groups in total. The molecule has 10 heteroatoms. The SMILES string of the molecule is CCCc1nc(=O)n2[nH]cc(CCC(=O)Nc3ccc(C(=O)[O-])cc3)c2n1.[Na+]. The van der Waals surface area contributed by atoms with Crippen molar-refractivity contribution in [1.29, 1.82) is 0 Å². The van der Waals surface area contributed by atoms with Gasteiger partial charge in [-0.2, -0.15) is 9.50 Å². The molecule has 0 aliphatic heterocycles. The summed E-state index contributed by atoms with van der Waals surface area (Å²) in [6.07, 6.45) is 3.64. The molecule has 0 aliphatic carbocycles. The summed E-state index contributed by atoms with van der Waals surface area (Å²) in [5.41, 5.74) is 1.33. The summed E-state index contributed by atoms with van der Waals surface area (Å²) >= 11 is 0. The van der Waals surface area contributed by atoms with Crippen molar-refractivity contribution >= 4 is 23.2 Å². The van der Waals surface area contributed by atoms with E-state index in [2.05, 4.69) is 20.4 Å². The van der Waals surface area contributed by atoms with E-state index in [1.165, 1.54) is 28.8 Å². The second-order valence-electron chi connectivity index (χ2n) is 6.04. The fraction of sp³-hybridized carbons (Fsp3) is 0.278. The van der Waals surface area contributed by atoms with E-state index in [0.29, 0.717) is 30.0 Å². The first-order valence-corrected chi connectivity index (χ1v) is 8.55. The van der Waals surface area contributed by atoms with E-state index in [-0.39, 0.29) is 47.4 Å². The molecule has 3 aromatic rings. The van der Waals surface area contributed by atoms with Gasteiger partial charge in [-0.15, -0.1) is 0 Å². The third-order valence-electron chi connectivity index (χ3n) is 4.02. The summed E-state index contributed by atoms with van der Waals surface area (Å²) in [6.45, 7) is 1.98. The van der Waals surface area contributed by atoms with Crippen molar-refractivity contribution in [3.8, 4) is 0 Å². The van der Waals surface area contributed by atoms with Crippen molar-refractivity contribution in [3.63, 3.8) is 0 Å². The first-order valence-electron chi connectivity index (χ1n) is 8.55. The maximum absolute atomic E-state index is 12.1. The molecule has 0 saturated carbocycles. The number of carbonyl (C=O) groups excluding carboxylic acids is 2. The number of anilines is 1. The number of carboxylic acid groups (broad SMARTS) is 1. The zero-order valence-electron chi connectivity index (χ0n) is 15.7. The Bertz CT molecular complexity index is 1040. The first-order chi connectivity index (χ1) is 13.0. The molecule has 1 aromatic carbocycles. The Morgan fingerprint density at radius 3 is 2.54 bits per heavy atom. The average molecular weight is 391 g/mol. The summed E-state index contributed by atoms with van der Waals surface area (Å²) in [6, 6.07) is 5.73. The number of aromatic amines is 1. The van der Waals surface area contributed by atoms with Gasteiger partial charge in [0.2, 0.25) is 5.91 Å². The Labute approximate surface area is 182 Å². The molecule has 0 fully saturated rings. The number of hydrogen-bond donors (Lipinski definition) is 2. The molecular weight excluding hydrogens is 373 g/mol. The number of aryl methyl sites for hydroxylation is 2. The van der Waals surface area contributed by atoms with Crippen molar-refractivity contribution < 1.29 is 44.3 Å². The number of nitrogens with one attached hydrogen (secondary N) is 2. The third-order valence-corrected chi connectivity index (χ3v) is 4.02. The molecule has 1 amide bonds. The first kappa shape index (κ1) is 21.8. The van der Waals surface area contributed by atoms with Gasteiger partial charge in [-0.25, -0.2) is 9.78 Å². The third kappa shape index (κ3) is 5.06. The van der Waals surface area contributed by atoms with Crippen LogP contribution in [0.5, 0.6) is 0 Å². The number of fused-ring (bicyclic) bond motifs is 1. The smallest absolute Gasteiger partial charge is 0.545 e.